The van der Waals surface area contributed by atoms with E-state index in [1.165, 1.54) is 5.56 Å². The summed E-state index contributed by atoms with van der Waals surface area (Å²) in [7, 11) is 0. The van der Waals surface area contributed by atoms with Gasteiger partial charge in [0.2, 0.25) is 5.91 Å². The molecule has 2 rings (SSSR count). The minimum Gasteiger partial charge on any atom is -0.353 e. The van der Waals surface area contributed by atoms with Crippen LogP contribution >= 0.6 is 0 Å². The van der Waals surface area contributed by atoms with Crippen LogP contribution in [0, 0.1) is 6.92 Å². The van der Waals surface area contributed by atoms with Crippen molar-refractivity contribution in [2.24, 2.45) is 0 Å². The van der Waals surface area contributed by atoms with E-state index in [9.17, 15) is 4.79 Å². The predicted molar refractivity (Wildman–Crippen MR) is 64.1 cm³/mol. The van der Waals surface area contributed by atoms with Gasteiger partial charge in [-0.1, -0.05) is 29.8 Å². The zero-order valence-corrected chi connectivity index (χ0v) is 10.0. The molecule has 3 heteroatoms. The van der Waals surface area contributed by atoms with Crippen LogP contribution in [-0.2, 0) is 4.79 Å². The van der Waals surface area contributed by atoms with Crippen LogP contribution in [0.4, 0.5) is 0 Å². The van der Waals surface area contributed by atoms with Gasteiger partial charge in [-0.05, 0) is 26.3 Å². The fraction of sp³-hybridized carbons (Fsp3) is 0.462. The van der Waals surface area contributed by atoms with Crippen molar-refractivity contribution in [3.63, 3.8) is 0 Å². The van der Waals surface area contributed by atoms with Gasteiger partial charge in [0.15, 0.2) is 0 Å². The Morgan fingerprint density at radius 3 is 2.81 bits per heavy atom. The standard InChI is InChI=1S/C13H18N2O/c1-9-5-4-6-10(7-9)11-12(16)14-8-13(2,3)15-11/h4-7,11,15H,8H2,1-3H3,(H,14,16). The molecule has 86 valence electrons. The minimum atomic E-state index is -0.233. The molecule has 1 fully saturated rings. The molecule has 2 N–H and O–H groups in total. The topological polar surface area (TPSA) is 41.1 Å². The summed E-state index contributed by atoms with van der Waals surface area (Å²) in [6.45, 7) is 6.90. The molecule has 1 heterocycles. The molecule has 0 aliphatic carbocycles. The van der Waals surface area contributed by atoms with E-state index in [1.54, 1.807) is 0 Å². The highest BCUT2D eigenvalue weighted by molar-refractivity contribution is 5.84. The monoisotopic (exact) mass is 218 g/mol. The Hall–Kier alpha value is -1.35. The summed E-state index contributed by atoms with van der Waals surface area (Å²) in [6.07, 6.45) is 0. The lowest BCUT2D eigenvalue weighted by molar-refractivity contribution is -0.126. The average molecular weight is 218 g/mol. The van der Waals surface area contributed by atoms with Crippen LogP contribution in [0.2, 0.25) is 0 Å². The molecule has 16 heavy (non-hydrogen) atoms. The maximum Gasteiger partial charge on any atom is 0.241 e. The molecule has 0 radical (unpaired) electrons. The van der Waals surface area contributed by atoms with Crippen molar-refractivity contribution in [3.8, 4) is 0 Å². The molecule has 1 aromatic carbocycles. The van der Waals surface area contributed by atoms with E-state index in [1.807, 2.05) is 25.1 Å². The van der Waals surface area contributed by atoms with Gasteiger partial charge in [-0.25, -0.2) is 0 Å². The Morgan fingerprint density at radius 2 is 2.12 bits per heavy atom. The fourth-order valence-corrected chi connectivity index (χ4v) is 2.00. The highest BCUT2D eigenvalue weighted by Gasteiger charge is 2.33. The highest BCUT2D eigenvalue weighted by Crippen LogP contribution is 2.21. The Kier molecular flexibility index (Phi) is 2.72. The van der Waals surface area contributed by atoms with Crippen LogP contribution in [0.3, 0.4) is 0 Å². The Bertz CT molecular complexity index is 412. The third-order valence-electron chi connectivity index (χ3n) is 2.88. The summed E-state index contributed by atoms with van der Waals surface area (Å²) in [5, 5.41) is 6.31. The fourth-order valence-electron chi connectivity index (χ4n) is 2.00. The van der Waals surface area contributed by atoms with Crippen molar-refractivity contribution in [2.45, 2.75) is 32.4 Å². The summed E-state index contributed by atoms with van der Waals surface area (Å²) in [5.74, 6) is 0.0601. The van der Waals surface area contributed by atoms with E-state index < -0.39 is 0 Å². The van der Waals surface area contributed by atoms with E-state index >= 15 is 0 Å². The second kappa shape index (κ2) is 3.91. The number of carbonyl (C=O) groups is 1. The van der Waals surface area contributed by atoms with E-state index in [4.69, 9.17) is 0 Å². The molecule has 1 aliphatic heterocycles. The van der Waals surface area contributed by atoms with Crippen LogP contribution in [0.5, 0.6) is 0 Å². The summed E-state index contributed by atoms with van der Waals surface area (Å²) in [6, 6.07) is 7.84. The van der Waals surface area contributed by atoms with Crippen molar-refractivity contribution in [1.82, 2.24) is 10.6 Å². The number of hydrogen-bond donors (Lipinski definition) is 2. The van der Waals surface area contributed by atoms with Crippen molar-refractivity contribution >= 4 is 5.91 Å². The number of hydrogen-bond acceptors (Lipinski definition) is 2. The zero-order valence-electron chi connectivity index (χ0n) is 10.0. The number of rotatable bonds is 1. The highest BCUT2D eigenvalue weighted by atomic mass is 16.2. The lowest BCUT2D eigenvalue weighted by atomic mass is 9.95. The maximum atomic E-state index is 11.8. The number of amides is 1. The maximum absolute atomic E-state index is 11.8. The number of carbonyl (C=O) groups excluding carboxylic acids is 1. The third kappa shape index (κ3) is 2.25. The lowest BCUT2D eigenvalue weighted by Gasteiger charge is -2.37. The van der Waals surface area contributed by atoms with Crippen molar-refractivity contribution in [2.75, 3.05) is 6.54 Å². The van der Waals surface area contributed by atoms with Crippen LogP contribution in [0.25, 0.3) is 0 Å². The first-order valence-corrected chi connectivity index (χ1v) is 5.60. The first-order chi connectivity index (χ1) is 7.48. The Morgan fingerprint density at radius 1 is 1.38 bits per heavy atom. The van der Waals surface area contributed by atoms with Crippen LogP contribution in [0.1, 0.15) is 31.0 Å². The molecule has 0 saturated carbocycles. The van der Waals surface area contributed by atoms with E-state index in [0.29, 0.717) is 6.54 Å². The molecular weight excluding hydrogens is 200 g/mol. The van der Waals surface area contributed by atoms with Crippen LogP contribution < -0.4 is 10.6 Å². The summed E-state index contributed by atoms with van der Waals surface area (Å²) in [4.78, 5) is 11.8. The summed E-state index contributed by atoms with van der Waals surface area (Å²) >= 11 is 0. The van der Waals surface area contributed by atoms with Gasteiger partial charge in [0.1, 0.15) is 6.04 Å². The number of aryl methyl sites for hydroxylation is 1. The smallest absolute Gasteiger partial charge is 0.241 e. The van der Waals surface area contributed by atoms with Gasteiger partial charge in [0.25, 0.3) is 0 Å². The molecule has 0 spiro atoms. The predicted octanol–water partition coefficient (Wildman–Crippen LogP) is 1.53. The van der Waals surface area contributed by atoms with Crippen molar-refractivity contribution in [3.05, 3.63) is 35.4 Å². The van der Waals surface area contributed by atoms with E-state index in [2.05, 4.69) is 30.5 Å². The van der Waals surface area contributed by atoms with Crippen molar-refractivity contribution in [1.29, 1.82) is 0 Å². The molecule has 1 amide bonds. The molecule has 1 aliphatic rings. The molecule has 1 saturated heterocycles. The number of benzene rings is 1. The second-order valence-corrected chi connectivity index (χ2v) is 5.09. The van der Waals surface area contributed by atoms with Crippen LogP contribution in [-0.4, -0.2) is 18.0 Å². The average Bonchev–Trinajstić information content (AvgIpc) is 2.22. The minimum absolute atomic E-state index is 0.0533. The first-order valence-electron chi connectivity index (χ1n) is 5.60. The molecule has 1 unspecified atom stereocenters. The SMILES string of the molecule is Cc1cccc(C2NC(C)(C)CNC2=O)c1. The van der Waals surface area contributed by atoms with Crippen LogP contribution in [0.15, 0.2) is 24.3 Å². The molecule has 3 nitrogen and oxygen atoms in total. The molecule has 0 bridgehead atoms. The Labute approximate surface area is 96.2 Å². The largest absolute Gasteiger partial charge is 0.353 e. The zero-order chi connectivity index (χ0) is 11.8. The quantitative estimate of drug-likeness (QED) is 0.750. The number of piperazine rings is 1. The molecule has 0 aromatic heterocycles. The van der Waals surface area contributed by atoms with Gasteiger partial charge in [-0.2, -0.15) is 0 Å². The second-order valence-electron chi connectivity index (χ2n) is 5.09. The Balaban J connectivity index is 2.28. The first kappa shape index (κ1) is 11.1. The summed E-state index contributed by atoms with van der Waals surface area (Å²) in [5.41, 5.74) is 2.16. The third-order valence-corrected chi connectivity index (χ3v) is 2.88. The van der Waals surface area contributed by atoms with E-state index in [0.717, 1.165) is 5.56 Å². The number of nitrogens with one attached hydrogen (secondary N) is 2. The van der Waals surface area contributed by atoms with Crippen molar-refractivity contribution < 1.29 is 4.79 Å². The lowest BCUT2D eigenvalue weighted by Crippen LogP contribution is -2.59. The van der Waals surface area contributed by atoms with Gasteiger partial charge < -0.3 is 5.32 Å². The van der Waals surface area contributed by atoms with E-state index in [-0.39, 0.29) is 17.5 Å². The molecular formula is C13H18N2O. The van der Waals surface area contributed by atoms with Gasteiger partial charge in [0, 0.05) is 12.1 Å². The molecule has 1 atom stereocenters. The van der Waals surface area contributed by atoms with Gasteiger partial charge >= 0.3 is 0 Å². The normalized spacial score (nSPS) is 23.9. The van der Waals surface area contributed by atoms with Gasteiger partial charge in [-0.15, -0.1) is 0 Å². The van der Waals surface area contributed by atoms with Gasteiger partial charge in [-0.3, -0.25) is 10.1 Å². The molecule has 1 aromatic rings. The summed E-state index contributed by atoms with van der Waals surface area (Å²) < 4.78 is 0. The van der Waals surface area contributed by atoms with Gasteiger partial charge in [0.05, 0.1) is 0 Å².